The predicted octanol–water partition coefficient (Wildman–Crippen LogP) is 3.69. The Bertz CT molecular complexity index is 996. The zero-order valence-electron chi connectivity index (χ0n) is 28.6. The Morgan fingerprint density at radius 3 is 1.86 bits per heavy atom. The monoisotopic (exact) mass is 625 g/mol. The van der Waals surface area contributed by atoms with Crippen LogP contribution in [0.4, 0.5) is 4.79 Å². The van der Waals surface area contributed by atoms with Crippen LogP contribution in [0.25, 0.3) is 0 Å². The average molecular weight is 626 g/mol. The number of aliphatic hydroxyl groups is 2. The molecule has 254 valence electrons. The molecule has 0 saturated heterocycles. The molecule has 3 amide bonds. The average Bonchev–Trinajstić information content (AvgIpc) is 2.88. The second-order valence-electron chi connectivity index (χ2n) is 16.1. The van der Waals surface area contributed by atoms with Crippen molar-refractivity contribution in [3.05, 3.63) is 0 Å². The van der Waals surface area contributed by atoms with Crippen molar-refractivity contribution in [1.29, 1.82) is 0 Å². The van der Waals surface area contributed by atoms with E-state index in [2.05, 4.69) is 36.7 Å². The summed E-state index contributed by atoms with van der Waals surface area (Å²) in [7, 11) is 1.27. The number of hydrogen-bond donors (Lipinski definition) is 5. The first-order valence-corrected chi connectivity index (χ1v) is 16.1. The van der Waals surface area contributed by atoms with Crippen molar-refractivity contribution in [1.82, 2.24) is 16.0 Å². The van der Waals surface area contributed by atoms with E-state index in [0.717, 1.165) is 12.8 Å². The van der Waals surface area contributed by atoms with Crippen LogP contribution < -0.4 is 16.0 Å². The first-order valence-electron chi connectivity index (χ1n) is 16.1. The second kappa shape index (κ2) is 15.3. The van der Waals surface area contributed by atoms with Gasteiger partial charge in [0.25, 0.3) is 0 Å². The molecule has 0 radical (unpaired) electrons. The highest BCUT2D eigenvalue weighted by atomic mass is 16.6. The number of rotatable bonds is 9. The summed E-state index contributed by atoms with van der Waals surface area (Å²) >= 11 is 0. The Morgan fingerprint density at radius 1 is 0.795 bits per heavy atom. The van der Waals surface area contributed by atoms with E-state index >= 15 is 0 Å². The SMILES string of the molecule is COC(=O)[C@H](CC1CCC(O)C(C(C)(C)C)C1)NC(=O)CNC(=O)[C@@H](NC(=O)OC(C)(C)C)C1CCC(O)C(C(C)(C)C)C1. The number of aliphatic hydroxyl groups excluding tert-OH is 2. The Hall–Kier alpha value is -2.40. The molecule has 8 atom stereocenters. The molecular formula is C33H59N3O8. The number of carbonyl (C=O) groups is 4. The fourth-order valence-electron chi connectivity index (χ4n) is 6.85. The van der Waals surface area contributed by atoms with Gasteiger partial charge < -0.3 is 35.6 Å². The molecular weight excluding hydrogens is 566 g/mol. The molecule has 0 aromatic carbocycles. The number of ether oxygens (including phenoxy) is 2. The summed E-state index contributed by atoms with van der Waals surface area (Å²) in [6, 6.07) is -1.87. The summed E-state index contributed by atoms with van der Waals surface area (Å²) in [6.45, 7) is 17.2. The second-order valence-corrected chi connectivity index (χ2v) is 16.1. The number of nitrogens with one attached hydrogen (secondary N) is 3. The maximum Gasteiger partial charge on any atom is 0.408 e. The van der Waals surface area contributed by atoms with Gasteiger partial charge in [0.05, 0.1) is 25.9 Å². The molecule has 2 aliphatic carbocycles. The highest BCUT2D eigenvalue weighted by molar-refractivity contribution is 5.91. The smallest absolute Gasteiger partial charge is 0.408 e. The third-order valence-corrected chi connectivity index (χ3v) is 9.24. The Morgan fingerprint density at radius 2 is 1.34 bits per heavy atom. The van der Waals surface area contributed by atoms with E-state index in [4.69, 9.17) is 9.47 Å². The van der Waals surface area contributed by atoms with Gasteiger partial charge >= 0.3 is 12.1 Å². The van der Waals surface area contributed by atoms with Crippen LogP contribution in [0.5, 0.6) is 0 Å². The standard InChI is InChI=1S/C33H59N3O8/c1-31(2,3)21-15-19(11-13-24(21)37)16-23(29(41)43-10)35-26(39)18-34-28(40)27(36-30(42)44-33(7,8)9)20-12-14-25(38)22(17-20)32(4,5)6/h19-25,27,37-38H,11-18H2,1-10H3,(H,34,40)(H,35,39)(H,36,42)/t19?,20?,21?,22?,23-,24?,25?,27-/m0/s1. The van der Waals surface area contributed by atoms with E-state index in [1.807, 2.05) is 20.8 Å². The van der Waals surface area contributed by atoms with Gasteiger partial charge in [0.1, 0.15) is 17.7 Å². The van der Waals surface area contributed by atoms with Crippen LogP contribution in [-0.2, 0) is 23.9 Å². The molecule has 0 aromatic heterocycles. The molecule has 0 bridgehead atoms. The summed E-state index contributed by atoms with van der Waals surface area (Å²) < 4.78 is 10.4. The summed E-state index contributed by atoms with van der Waals surface area (Å²) in [5, 5.41) is 29.3. The first-order chi connectivity index (χ1) is 20.1. The van der Waals surface area contributed by atoms with Crippen LogP contribution in [0.3, 0.4) is 0 Å². The van der Waals surface area contributed by atoms with Gasteiger partial charge in [0.2, 0.25) is 11.8 Å². The highest BCUT2D eigenvalue weighted by Gasteiger charge is 2.42. The zero-order chi connectivity index (χ0) is 33.6. The van der Waals surface area contributed by atoms with Gasteiger partial charge in [0.15, 0.2) is 0 Å². The molecule has 44 heavy (non-hydrogen) atoms. The largest absolute Gasteiger partial charge is 0.467 e. The van der Waals surface area contributed by atoms with Crippen LogP contribution in [0.2, 0.25) is 0 Å². The van der Waals surface area contributed by atoms with E-state index in [1.54, 1.807) is 20.8 Å². The maximum absolute atomic E-state index is 13.5. The van der Waals surface area contributed by atoms with Crippen molar-refractivity contribution in [2.45, 2.75) is 137 Å². The molecule has 2 fully saturated rings. The Labute approximate surface area is 264 Å². The Balaban J connectivity index is 2.11. The molecule has 0 spiro atoms. The van der Waals surface area contributed by atoms with Crippen LogP contribution in [0.1, 0.15) is 107 Å². The molecule has 6 unspecified atom stereocenters. The van der Waals surface area contributed by atoms with Gasteiger partial charge in [-0.3, -0.25) is 9.59 Å². The normalized spacial score (nSPS) is 27.8. The number of hydrogen-bond acceptors (Lipinski definition) is 8. The van der Waals surface area contributed by atoms with E-state index in [-0.39, 0.29) is 34.5 Å². The third-order valence-electron chi connectivity index (χ3n) is 9.24. The molecule has 2 aliphatic rings. The van der Waals surface area contributed by atoms with Crippen molar-refractivity contribution in [2.75, 3.05) is 13.7 Å². The number of amides is 3. The van der Waals surface area contributed by atoms with Crippen molar-refractivity contribution in [2.24, 2.45) is 34.5 Å². The lowest BCUT2D eigenvalue weighted by Crippen LogP contribution is -2.56. The molecule has 5 N–H and O–H groups in total. The topological polar surface area (TPSA) is 163 Å². The van der Waals surface area contributed by atoms with E-state index < -0.39 is 60.3 Å². The quantitative estimate of drug-likeness (QED) is 0.242. The molecule has 0 aliphatic heterocycles. The van der Waals surface area contributed by atoms with Crippen LogP contribution in [0.15, 0.2) is 0 Å². The van der Waals surface area contributed by atoms with Crippen LogP contribution >= 0.6 is 0 Å². The van der Waals surface area contributed by atoms with Gasteiger partial charge in [0, 0.05) is 0 Å². The van der Waals surface area contributed by atoms with Gasteiger partial charge in [-0.15, -0.1) is 0 Å². The molecule has 0 heterocycles. The fraction of sp³-hybridized carbons (Fsp3) is 0.879. The van der Waals surface area contributed by atoms with Crippen LogP contribution in [-0.4, -0.2) is 77.6 Å². The summed E-state index contributed by atoms with van der Waals surface area (Å²) in [4.78, 5) is 51.9. The fourth-order valence-corrected chi connectivity index (χ4v) is 6.85. The molecule has 11 heteroatoms. The number of alkyl carbamates (subject to hydrolysis) is 1. The van der Waals surface area contributed by atoms with Crippen molar-refractivity contribution >= 4 is 23.9 Å². The number of esters is 1. The predicted molar refractivity (Wildman–Crippen MR) is 167 cm³/mol. The van der Waals surface area contributed by atoms with Gasteiger partial charge in [-0.2, -0.15) is 0 Å². The van der Waals surface area contributed by atoms with Crippen molar-refractivity contribution < 1.29 is 38.9 Å². The van der Waals surface area contributed by atoms with Gasteiger partial charge in [-0.1, -0.05) is 41.5 Å². The lowest BCUT2D eigenvalue weighted by molar-refractivity contribution is -0.145. The number of methoxy groups -OCH3 is 1. The molecule has 11 nitrogen and oxygen atoms in total. The maximum atomic E-state index is 13.5. The summed E-state index contributed by atoms with van der Waals surface area (Å²) in [5.41, 5.74) is -1.08. The minimum Gasteiger partial charge on any atom is -0.467 e. The summed E-state index contributed by atoms with van der Waals surface area (Å²) in [5.74, 6) is -1.84. The first kappa shape index (κ1) is 37.8. The van der Waals surface area contributed by atoms with E-state index in [1.165, 1.54) is 7.11 Å². The zero-order valence-corrected chi connectivity index (χ0v) is 28.6. The highest BCUT2D eigenvalue weighted by Crippen LogP contribution is 2.43. The van der Waals surface area contributed by atoms with E-state index in [9.17, 15) is 29.4 Å². The van der Waals surface area contributed by atoms with E-state index in [0.29, 0.717) is 32.1 Å². The summed E-state index contributed by atoms with van der Waals surface area (Å²) in [6.07, 6.45) is 2.33. The minimum absolute atomic E-state index is 0.0720. The molecule has 2 saturated carbocycles. The van der Waals surface area contributed by atoms with Gasteiger partial charge in [-0.05, 0) is 100 Å². The van der Waals surface area contributed by atoms with Crippen LogP contribution in [0, 0.1) is 34.5 Å². The number of carbonyl (C=O) groups excluding carboxylic acids is 4. The van der Waals surface area contributed by atoms with Crippen molar-refractivity contribution in [3.8, 4) is 0 Å². The lowest BCUT2D eigenvalue weighted by atomic mass is 9.66. The van der Waals surface area contributed by atoms with Crippen molar-refractivity contribution in [3.63, 3.8) is 0 Å². The Kier molecular flexibility index (Phi) is 13.1. The molecule has 2 rings (SSSR count). The third kappa shape index (κ3) is 11.5. The lowest BCUT2D eigenvalue weighted by Gasteiger charge is -2.43. The molecule has 0 aromatic rings. The van der Waals surface area contributed by atoms with Gasteiger partial charge in [-0.25, -0.2) is 9.59 Å². The minimum atomic E-state index is -0.977.